The van der Waals surface area contributed by atoms with E-state index < -0.39 is 26.5 Å². The van der Waals surface area contributed by atoms with Crippen LogP contribution in [-0.4, -0.2) is 41.9 Å². The number of benzene rings is 4. The highest BCUT2D eigenvalue weighted by molar-refractivity contribution is 7.86. The lowest BCUT2D eigenvalue weighted by molar-refractivity contribution is 0.102. The van der Waals surface area contributed by atoms with E-state index in [-0.39, 0.29) is 28.4 Å². The van der Waals surface area contributed by atoms with E-state index in [9.17, 15) is 28.2 Å². The van der Waals surface area contributed by atoms with Crippen LogP contribution in [0.15, 0.2) is 102 Å². The zero-order valence-corrected chi connectivity index (χ0v) is 19.8. The van der Waals surface area contributed by atoms with Crippen LogP contribution in [0, 0.1) is 0 Å². The normalized spacial score (nSPS) is 10.6. The van der Waals surface area contributed by atoms with Crippen molar-refractivity contribution in [2.45, 2.75) is 4.90 Å². The van der Waals surface area contributed by atoms with Gasteiger partial charge in [-0.05, 0) is 18.2 Å². The third kappa shape index (κ3) is 6.15. The standard InChI is InChI=1S/C14H12O6S.C13H10O2/c1-20-12-8-11(15)10(7-13(12)21(17,18)19)14(16)9-5-3-2-4-6-9;14-12-9-5-4-8-11(12)13(15)10-6-2-1-3-7-10/h2-8,15H,1H3,(H,17,18,19);1-9,14H. The number of ether oxygens (including phenoxy) is 1. The second-order valence-corrected chi connectivity index (χ2v) is 8.79. The van der Waals surface area contributed by atoms with Crippen molar-refractivity contribution in [2.24, 2.45) is 0 Å². The molecule has 0 spiro atoms. The number of ketones is 2. The monoisotopic (exact) mass is 506 g/mol. The summed E-state index contributed by atoms with van der Waals surface area (Å²) in [6.45, 7) is 0. The number of phenols is 2. The second kappa shape index (κ2) is 11.3. The largest absolute Gasteiger partial charge is 0.507 e. The van der Waals surface area contributed by atoms with E-state index in [0.29, 0.717) is 11.1 Å². The highest BCUT2D eigenvalue weighted by Crippen LogP contribution is 2.32. The van der Waals surface area contributed by atoms with Crippen LogP contribution in [0.25, 0.3) is 0 Å². The number of methoxy groups -OCH3 is 1. The highest BCUT2D eigenvalue weighted by Gasteiger charge is 2.23. The lowest BCUT2D eigenvalue weighted by Gasteiger charge is -2.10. The van der Waals surface area contributed by atoms with Crippen LogP contribution in [0.5, 0.6) is 17.2 Å². The molecule has 9 heteroatoms. The summed E-state index contributed by atoms with van der Waals surface area (Å²) in [6, 6.07) is 25.4. The van der Waals surface area contributed by atoms with Gasteiger partial charge in [0.25, 0.3) is 10.1 Å². The van der Waals surface area contributed by atoms with Gasteiger partial charge in [-0.25, -0.2) is 0 Å². The van der Waals surface area contributed by atoms with Crippen LogP contribution in [0.1, 0.15) is 31.8 Å². The van der Waals surface area contributed by atoms with Crippen LogP contribution < -0.4 is 4.74 Å². The van der Waals surface area contributed by atoms with Gasteiger partial charge in [-0.3, -0.25) is 14.1 Å². The Morgan fingerprint density at radius 3 is 1.61 bits per heavy atom. The molecule has 0 fully saturated rings. The van der Waals surface area contributed by atoms with Gasteiger partial charge in [-0.15, -0.1) is 0 Å². The van der Waals surface area contributed by atoms with Crippen molar-refractivity contribution in [1.29, 1.82) is 0 Å². The van der Waals surface area contributed by atoms with E-state index in [4.69, 9.17) is 9.29 Å². The number of rotatable bonds is 6. The molecule has 3 N–H and O–H groups in total. The Bertz CT molecular complexity index is 1480. The number of hydrogen-bond acceptors (Lipinski definition) is 7. The Morgan fingerprint density at radius 1 is 0.667 bits per heavy atom. The molecule has 0 atom stereocenters. The minimum atomic E-state index is -4.59. The van der Waals surface area contributed by atoms with E-state index in [1.807, 2.05) is 6.07 Å². The predicted octanol–water partition coefficient (Wildman–Crippen LogP) is 4.50. The van der Waals surface area contributed by atoms with Crippen molar-refractivity contribution in [3.63, 3.8) is 0 Å². The van der Waals surface area contributed by atoms with Crippen molar-refractivity contribution in [2.75, 3.05) is 7.11 Å². The molecule has 0 saturated heterocycles. The summed E-state index contributed by atoms with van der Waals surface area (Å²) in [5.74, 6) is -1.39. The molecule has 0 heterocycles. The van der Waals surface area contributed by atoms with Gasteiger partial charge in [0.2, 0.25) is 0 Å². The van der Waals surface area contributed by atoms with Crippen molar-refractivity contribution in [3.05, 3.63) is 119 Å². The molecule has 0 aliphatic carbocycles. The third-order valence-electron chi connectivity index (χ3n) is 5.03. The van der Waals surface area contributed by atoms with Crippen LogP contribution in [0.4, 0.5) is 0 Å². The van der Waals surface area contributed by atoms with Crippen LogP contribution in [0.3, 0.4) is 0 Å². The van der Waals surface area contributed by atoms with E-state index in [0.717, 1.165) is 12.1 Å². The first-order valence-corrected chi connectivity index (χ1v) is 11.9. The Hall–Kier alpha value is -4.47. The molecule has 4 rings (SSSR count). The number of carbonyl (C=O) groups is 2. The minimum absolute atomic E-state index is 0.0198. The van der Waals surface area contributed by atoms with Gasteiger partial charge in [-0.2, -0.15) is 8.42 Å². The van der Waals surface area contributed by atoms with Gasteiger partial charge in [0.1, 0.15) is 22.1 Å². The molecule has 4 aromatic rings. The summed E-state index contributed by atoms with van der Waals surface area (Å²) >= 11 is 0. The summed E-state index contributed by atoms with van der Waals surface area (Å²) in [4.78, 5) is 23.6. The van der Waals surface area contributed by atoms with E-state index >= 15 is 0 Å². The summed E-state index contributed by atoms with van der Waals surface area (Å²) in [5, 5.41) is 19.4. The molecular formula is C27H22O8S. The average Bonchev–Trinajstić information content (AvgIpc) is 2.88. The quantitative estimate of drug-likeness (QED) is 0.257. The zero-order valence-electron chi connectivity index (χ0n) is 19.0. The van der Waals surface area contributed by atoms with E-state index in [2.05, 4.69) is 0 Å². The number of aromatic hydroxyl groups is 2. The molecule has 0 aromatic heterocycles. The van der Waals surface area contributed by atoms with Crippen molar-refractivity contribution >= 4 is 21.7 Å². The summed E-state index contributed by atoms with van der Waals surface area (Å²) < 4.78 is 36.6. The van der Waals surface area contributed by atoms with Gasteiger partial charge >= 0.3 is 0 Å². The molecule has 4 aromatic carbocycles. The molecule has 0 saturated carbocycles. The topological polar surface area (TPSA) is 138 Å². The third-order valence-corrected chi connectivity index (χ3v) is 5.90. The summed E-state index contributed by atoms with van der Waals surface area (Å²) in [5.41, 5.74) is 0.955. The molecule has 0 bridgehead atoms. The van der Waals surface area contributed by atoms with E-state index in [1.54, 1.807) is 60.7 Å². The fourth-order valence-electron chi connectivity index (χ4n) is 3.25. The number of para-hydroxylation sites is 1. The minimum Gasteiger partial charge on any atom is -0.507 e. The fraction of sp³-hybridized carbons (Fsp3) is 0.0370. The SMILES string of the molecule is COc1cc(O)c(C(=O)c2ccccc2)cc1S(=O)(=O)O.O=C(c1ccccc1)c1ccccc1O. The number of carbonyl (C=O) groups excluding carboxylic acids is 2. The van der Waals surface area contributed by atoms with Gasteiger partial charge in [-0.1, -0.05) is 72.8 Å². The maximum Gasteiger partial charge on any atom is 0.298 e. The van der Waals surface area contributed by atoms with Gasteiger partial charge in [0, 0.05) is 17.2 Å². The van der Waals surface area contributed by atoms with Gasteiger partial charge < -0.3 is 14.9 Å². The lowest BCUT2D eigenvalue weighted by atomic mass is 10.0. The summed E-state index contributed by atoms with van der Waals surface area (Å²) in [7, 11) is -3.41. The zero-order chi connectivity index (χ0) is 26.3. The Morgan fingerprint density at radius 2 is 1.14 bits per heavy atom. The van der Waals surface area contributed by atoms with E-state index in [1.165, 1.54) is 25.3 Å². The smallest absolute Gasteiger partial charge is 0.298 e. The highest BCUT2D eigenvalue weighted by atomic mass is 32.2. The Labute approximate surface area is 207 Å². The molecule has 36 heavy (non-hydrogen) atoms. The Kier molecular flexibility index (Phi) is 8.21. The molecule has 0 aliphatic heterocycles. The maximum atomic E-state index is 12.3. The first-order chi connectivity index (χ1) is 17.1. The second-order valence-electron chi connectivity index (χ2n) is 7.40. The van der Waals surface area contributed by atoms with Crippen molar-refractivity contribution in [3.8, 4) is 17.2 Å². The molecule has 184 valence electrons. The molecule has 0 aliphatic rings. The van der Waals surface area contributed by atoms with Gasteiger partial charge in [0.05, 0.1) is 18.2 Å². The Balaban J connectivity index is 0.000000212. The fourth-order valence-corrected chi connectivity index (χ4v) is 3.91. The van der Waals surface area contributed by atoms with Crippen LogP contribution in [-0.2, 0) is 10.1 Å². The summed E-state index contributed by atoms with van der Waals surface area (Å²) in [6.07, 6.45) is 0. The number of hydrogen-bond donors (Lipinski definition) is 3. The number of phenolic OH excluding ortho intramolecular Hbond substituents is 2. The molecule has 0 radical (unpaired) electrons. The first kappa shape index (κ1) is 26.1. The first-order valence-electron chi connectivity index (χ1n) is 10.5. The molecule has 8 nitrogen and oxygen atoms in total. The molecule has 0 amide bonds. The van der Waals surface area contributed by atoms with Crippen molar-refractivity contribution < 1.29 is 37.5 Å². The lowest BCUT2D eigenvalue weighted by Crippen LogP contribution is -2.07. The van der Waals surface area contributed by atoms with Gasteiger partial charge in [0.15, 0.2) is 11.6 Å². The average molecular weight is 507 g/mol. The van der Waals surface area contributed by atoms with Crippen LogP contribution >= 0.6 is 0 Å². The van der Waals surface area contributed by atoms with Crippen LogP contribution in [0.2, 0.25) is 0 Å². The predicted molar refractivity (Wildman–Crippen MR) is 132 cm³/mol. The maximum absolute atomic E-state index is 12.3. The van der Waals surface area contributed by atoms with Crippen molar-refractivity contribution in [1.82, 2.24) is 0 Å². The molecule has 0 unspecified atom stereocenters. The molecular weight excluding hydrogens is 484 g/mol.